The minimum absolute atomic E-state index is 0.0600. The molecular formula is C20H15FN4O. The van der Waals surface area contributed by atoms with E-state index in [9.17, 15) is 9.65 Å². The molecule has 26 heavy (non-hydrogen) atoms. The number of nitrogens with two attached hydrogens (primary N) is 1. The number of rotatable bonds is 2. The lowest BCUT2D eigenvalue weighted by atomic mass is 9.82. The predicted molar refractivity (Wildman–Crippen MR) is 94.5 cm³/mol. The number of hydrogen-bond donors (Lipinski definition) is 2. The van der Waals surface area contributed by atoms with Gasteiger partial charge in [-0.1, -0.05) is 48.0 Å². The molecule has 128 valence electrons. The Morgan fingerprint density at radius 2 is 1.92 bits per heavy atom. The second-order valence-electron chi connectivity index (χ2n) is 6.13. The van der Waals surface area contributed by atoms with Gasteiger partial charge in [0.2, 0.25) is 11.8 Å². The second-order valence-corrected chi connectivity index (χ2v) is 6.13. The maximum atomic E-state index is 14.6. The molecule has 3 aromatic rings. The molecule has 0 amide bonds. The molecular weight excluding hydrogens is 331 g/mol. The van der Waals surface area contributed by atoms with Gasteiger partial charge in [-0.15, -0.1) is 5.10 Å². The highest BCUT2D eigenvalue weighted by molar-refractivity contribution is 5.71. The molecule has 0 saturated heterocycles. The molecule has 1 aromatic heterocycles. The summed E-state index contributed by atoms with van der Waals surface area (Å²) in [6.07, 6.45) is 0. The van der Waals surface area contributed by atoms with Crippen LogP contribution in [0.25, 0.3) is 11.3 Å². The molecule has 0 fully saturated rings. The van der Waals surface area contributed by atoms with Crippen molar-refractivity contribution in [3.63, 3.8) is 0 Å². The molecule has 0 unspecified atom stereocenters. The summed E-state index contributed by atoms with van der Waals surface area (Å²) in [5.74, 6) is -0.914. The number of benzene rings is 2. The van der Waals surface area contributed by atoms with Crippen LogP contribution in [0.2, 0.25) is 0 Å². The van der Waals surface area contributed by atoms with Crippen LogP contribution >= 0.6 is 0 Å². The Labute approximate surface area is 149 Å². The summed E-state index contributed by atoms with van der Waals surface area (Å²) in [6, 6.07) is 16.2. The fourth-order valence-electron chi connectivity index (χ4n) is 3.21. The SMILES string of the molecule is Cc1ccc(-c2[nH]nc3c2[C@H](c2ccccc2F)C(C#N)=C(N)O3)cc1. The summed E-state index contributed by atoms with van der Waals surface area (Å²) in [4.78, 5) is 0. The van der Waals surface area contributed by atoms with Crippen LogP contribution in [-0.4, -0.2) is 10.2 Å². The van der Waals surface area contributed by atoms with Crippen LogP contribution in [0, 0.1) is 24.1 Å². The standard InChI is InChI=1S/C20H15FN4O/c1-11-6-8-12(9-7-11)18-17-16(13-4-2-3-5-15(13)21)14(10-22)19(23)26-20(17)25-24-18/h2-9,16H,23H2,1H3,(H,24,25)/t16-/m1/s1. The van der Waals surface area contributed by atoms with E-state index in [1.165, 1.54) is 6.07 Å². The van der Waals surface area contributed by atoms with Gasteiger partial charge in [-0.2, -0.15) is 5.26 Å². The van der Waals surface area contributed by atoms with Crippen molar-refractivity contribution in [1.29, 1.82) is 5.26 Å². The molecule has 1 aliphatic heterocycles. The molecule has 6 heteroatoms. The minimum atomic E-state index is -0.694. The van der Waals surface area contributed by atoms with Crippen molar-refractivity contribution in [1.82, 2.24) is 10.2 Å². The van der Waals surface area contributed by atoms with Crippen molar-refractivity contribution in [3.05, 3.63) is 82.5 Å². The highest BCUT2D eigenvalue weighted by atomic mass is 19.1. The minimum Gasteiger partial charge on any atom is -0.420 e. The van der Waals surface area contributed by atoms with E-state index in [4.69, 9.17) is 10.5 Å². The van der Waals surface area contributed by atoms with Crippen LogP contribution < -0.4 is 10.5 Å². The average molecular weight is 346 g/mol. The molecule has 0 saturated carbocycles. The first-order valence-electron chi connectivity index (χ1n) is 8.07. The van der Waals surface area contributed by atoms with Gasteiger partial charge in [0.05, 0.1) is 17.2 Å². The molecule has 5 nitrogen and oxygen atoms in total. The lowest BCUT2D eigenvalue weighted by Crippen LogP contribution is -2.21. The molecule has 1 atom stereocenters. The normalized spacial score (nSPS) is 16.0. The number of nitriles is 1. The van der Waals surface area contributed by atoms with Crippen LogP contribution in [0.3, 0.4) is 0 Å². The Morgan fingerprint density at radius 3 is 2.62 bits per heavy atom. The summed E-state index contributed by atoms with van der Waals surface area (Å²) < 4.78 is 20.1. The number of fused-ring (bicyclic) bond motifs is 1. The molecule has 0 radical (unpaired) electrons. The Balaban J connectivity index is 1.97. The number of aromatic nitrogens is 2. The first kappa shape index (κ1) is 15.9. The van der Waals surface area contributed by atoms with Gasteiger partial charge in [-0.05, 0) is 13.0 Å². The van der Waals surface area contributed by atoms with Gasteiger partial charge in [-0.25, -0.2) is 4.39 Å². The Morgan fingerprint density at radius 1 is 1.19 bits per heavy atom. The van der Waals surface area contributed by atoms with Gasteiger partial charge in [0.1, 0.15) is 17.5 Å². The smallest absolute Gasteiger partial charge is 0.244 e. The summed E-state index contributed by atoms with van der Waals surface area (Å²) in [5.41, 5.74) is 9.69. The van der Waals surface area contributed by atoms with E-state index in [2.05, 4.69) is 16.3 Å². The fourth-order valence-corrected chi connectivity index (χ4v) is 3.21. The Hall–Kier alpha value is -3.59. The summed E-state index contributed by atoms with van der Waals surface area (Å²) in [6.45, 7) is 1.99. The van der Waals surface area contributed by atoms with Crippen LogP contribution in [-0.2, 0) is 0 Å². The number of aryl methyl sites for hydroxylation is 1. The molecule has 0 spiro atoms. The third-order valence-electron chi connectivity index (χ3n) is 4.50. The van der Waals surface area contributed by atoms with Gasteiger partial charge >= 0.3 is 0 Å². The van der Waals surface area contributed by atoms with Gasteiger partial charge < -0.3 is 10.5 Å². The maximum absolute atomic E-state index is 14.6. The lowest BCUT2D eigenvalue weighted by molar-refractivity contribution is 0.378. The van der Waals surface area contributed by atoms with Crippen molar-refractivity contribution in [2.75, 3.05) is 0 Å². The van der Waals surface area contributed by atoms with E-state index in [1.807, 2.05) is 31.2 Å². The van der Waals surface area contributed by atoms with Crippen LogP contribution in [0.4, 0.5) is 4.39 Å². The number of halogens is 1. The average Bonchev–Trinajstić information content (AvgIpc) is 3.05. The number of nitrogens with one attached hydrogen (secondary N) is 1. The number of ether oxygens (including phenoxy) is 1. The zero-order valence-corrected chi connectivity index (χ0v) is 14.0. The third kappa shape index (κ3) is 2.42. The quantitative estimate of drug-likeness (QED) is 0.740. The molecule has 4 rings (SSSR count). The maximum Gasteiger partial charge on any atom is 0.244 e. The summed E-state index contributed by atoms with van der Waals surface area (Å²) in [5, 5.41) is 16.8. The fraction of sp³-hybridized carbons (Fsp3) is 0.100. The number of hydrogen-bond acceptors (Lipinski definition) is 4. The van der Waals surface area contributed by atoms with Gasteiger partial charge in [0.15, 0.2) is 0 Å². The van der Waals surface area contributed by atoms with Crippen molar-refractivity contribution in [3.8, 4) is 23.2 Å². The number of H-pyrrole nitrogens is 1. The number of allylic oxidation sites excluding steroid dienone is 1. The van der Waals surface area contributed by atoms with Gasteiger partial charge in [-0.3, -0.25) is 5.10 Å². The monoisotopic (exact) mass is 346 g/mol. The highest BCUT2D eigenvalue weighted by Gasteiger charge is 2.36. The number of aromatic amines is 1. The molecule has 2 aromatic carbocycles. The molecule has 2 heterocycles. The first-order chi connectivity index (χ1) is 12.6. The van der Waals surface area contributed by atoms with Crippen LogP contribution in [0.1, 0.15) is 22.6 Å². The topological polar surface area (TPSA) is 87.7 Å². The Bertz CT molecular complexity index is 1060. The molecule has 0 aliphatic carbocycles. The van der Waals surface area contributed by atoms with E-state index < -0.39 is 11.7 Å². The predicted octanol–water partition coefficient (Wildman–Crippen LogP) is 3.74. The van der Waals surface area contributed by atoms with Crippen LogP contribution in [0.5, 0.6) is 5.88 Å². The van der Waals surface area contributed by atoms with Crippen molar-refractivity contribution in [2.45, 2.75) is 12.8 Å². The van der Waals surface area contributed by atoms with E-state index >= 15 is 0 Å². The Kier molecular flexibility index (Phi) is 3.70. The third-order valence-corrected chi connectivity index (χ3v) is 4.50. The highest BCUT2D eigenvalue weighted by Crippen LogP contribution is 2.46. The molecule has 1 aliphatic rings. The van der Waals surface area contributed by atoms with E-state index in [-0.39, 0.29) is 17.3 Å². The largest absolute Gasteiger partial charge is 0.420 e. The summed E-state index contributed by atoms with van der Waals surface area (Å²) >= 11 is 0. The van der Waals surface area contributed by atoms with Gasteiger partial charge in [0, 0.05) is 11.1 Å². The molecule has 0 bridgehead atoms. The van der Waals surface area contributed by atoms with Crippen molar-refractivity contribution < 1.29 is 9.13 Å². The van der Waals surface area contributed by atoms with E-state index in [1.54, 1.807) is 18.2 Å². The van der Waals surface area contributed by atoms with Gasteiger partial charge in [0.25, 0.3) is 0 Å². The first-order valence-corrected chi connectivity index (χ1v) is 8.07. The summed E-state index contributed by atoms with van der Waals surface area (Å²) in [7, 11) is 0. The van der Waals surface area contributed by atoms with Crippen LogP contribution in [0.15, 0.2) is 60.0 Å². The lowest BCUT2D eigenvalue weighted by Gasteiger charge is -2.24. The zero-order chi connectivity index (χ0) is 18.3. The van der Waals surface area contributed by atoms with Crippen molar-refractivity contribution >= 4 is 0 Å². The van der Waals surface area contributed by atoms with Crippen molar-refractivity contribution in [2.24, 2.45) is 5.73 Å². The molecule has 3 N–H and O–H groups in total. The second kappa shape index (κ2) is 6.05. The number of nitrogens with zero attached hydrogens (tertiary/aromatic N) is 2. The van der Waals surface area contributed by atoms with E-state index in [0.717, 1.165) is 11.1 Å². The van der Waals surface area contributed by atoms with E-state index in [0.29, 0.717) is 16.8 Å². The zero-order valence-electron chi connectivity index (χ0n) is 14.0.